The lowest BCUT2D eigenvalue weighted by molar-refractivity contribution is -0.120. The van der Waals surface area contributed by atoms with Crippen molar-refractivity contribution in [3.05, 3.63) is 0 Å². The number of carbonyl (C=O) groups is 1. The molecule has 1 N–H and O–H groups in total. The fourth-order valence-corrected chi connectivity index (χ4v) is 1.22. The van der Waals surface area contributed by atoms with Crippen LogP contribution in [0.2, 0.25) is 5.82 Å². The molecule has 0 aromatic carbocycles. The van der Waals surface area contributed by atoms with Crippen LogP contribution in [0.4, 0.5) is 0 Å². The highest BCUT2D eigenvalue weighted by atomic mass is 16.1. The predicted molar refractivity (Wildman–Crippen MR) is 42.1 cm³/mol. The van der Waals surface area contributed by atoms with Crippen LogP contribution in [0, 0.1) is 0 Å². The predicted octanol–water partition coefficient (Wildman–Crippen LogP) is -0.139. The standard InChI is InChI=1S/C6H10B2NO/c1-4(10)9-6-2-5(3-6)8-7/h5-6H,2-3H2,1H3,(H,9,10). The Kier molecular flexibility index (Phi) is 2.41. The van der Waals surface area contributed by atoms with Crippen LogP contribution in [-0.2, 0) is 4.79 Å². The molecule has 0 aliphatic heterocycles. The number of hydrogen-bond donors (Lipinski definition) is 1. The van der Waals surface area contributed by atoms with E-state index in [-0.39, 0.29) is 5.91 Å². The molecule has 10 heavy (non-hydrogen) atoms. The molecule has 2 nitrogen and oxygen atoms in total. The summed E-state index contributed by atoms with van der Waals surface area (Å²) in [5.74, 6) is 0.581. The first-order chi connectivity index (χ1) is 4.72. The second kappa shape index (κ2) is 3.13. The van der Waals surface area contributed by atoms with Gasteiger partial charge in [-0.25, -0.2) is 0 Å². The zero-order chi connectivity index (χ0) is 7.56. The normalized spacial score (nSPS) is 30.5. The maximum absolute atomic E-state index is 10.5. The molecular formula is C6H10B2NO. The van der Waals surface area contributed by atoms with Crippen LogP contribution in [0.3, 0.4) is 0 Å². The van der Waals surface area contributed by atoms with Crippen molar-refractivity contribution in [2.45, 2.75) is 31.6 Å². The van der Waals surface area contributed by atoms with Crippen molar-refractivity contribution in [3.8, 4) is 0 Å². The molecule has 51 valence electrons. The lowest BCUT2D eigenvalue weighted by atomic mass is 9.41. The first kappa shape index (κ1) is 7.70. The van der Waals surface area contributed by atoms with Gasteiger partial charge < -0.3 is 5.32 Å². The van der Waals surface area contributed by atoms with Gasteiger partial charge in [-0.1, -0.05) is 5.82 Å². The van der Waals surface area contributed by atoms with Gasteiger partial charge in [0.1, 0.15) is 0 Å². The Bertz CT molecular complexity index is 134. The first-order valence-corrected chi connectivity index (χ1v) is 3.54. The molecule has 4 heteroatoms. The summed E-state index contributed by atoms with van der Waals surface area (Å²) in [6.07, 6.45) is 2.02. The smallest absolute Gasteiger partial charge is 0.217 e. The molecule has 1 saturated carbocycles. The maximum Gasteiger partial charge on any atom is 0.217 e. The van der Waals surface area contributed by atoms with Gasteiger partial charge >= 0.3 is 0 Å². The zero-order valence-electron chi connectivity index (χ0n) is 6.13. The summed E-state index contributed by atoms with van der Waals surface area (Å²) in [7, 11) is 7.00. The van der Waals surface area contributed by atoms with Crippen LogP contribution in [0.25, 0.3) is 0 Å². The van der Waals surface area contributed by atoms with Crippen molar-refractivity contribution in [3.63, 3.8) is 0 Å². The van der Waals surface area contributed by atoms with Crippen molar-refractivity contribution in [1.82, 2.24) is 5.32 Å². The van der Waals surface area contributed by atoms with Gasteiger partial charge in [-0.2, -0.15) is 0 Å². The molecule has 1 aliphatic carbocycles. The average molecular weight is 134 g/mol. The largest absolute Gasteiger partial charge is 0.354 e. The molecule has 0 atom stereocenters. The van der Waals surface area contributed by atoms with Gasteiger partial charge in [-0.05, 0) is 12.8 Å². The maximum atomic E-state index is 10.5. The molecule has 0 aromatic rings. The van der Waals surface area contributed by atoms with Crippen LogP contribution in [0.15, 0.2) is 0 Å². The minimum atomic E-state index is 0.0560. The molecule has 1 aliphatic rings. The molecule has 0 heterocycles. The van der Waals surface area contributed by atoms with Crippen molar-refractivity contribution < 1.29 is 4.79 Å². The third kappa shape index (κ3) is 1.79. The van der Waals surface area contributed by atoms with Gasteiger partial charge in [0.25, 0.3) is 0 Å². The lowest BCUT2D eigenvalue weighted by Crippen LogP contribution is -2.42. The van der Waals surface area contributed by atoms with Gasteiger partial charge in [0.2, 0.25) is 5.91 Å². The molecule has 0 unspecified atom stereocenters. The third-order valence-electron chi connectivity index (χ3n) is 1.85. The third-order valence-corrected chi connectivity index (χ3v) is 1.85. The number of carbonyl (C=O) groups excluding carboxylic acids is 1. The molecule has 0 bridgehead atoms. The lowest BCUT2D eigenvalue weighted by Gasteiger charge is -2.35. The van der Waals surface area contributed by atoms with Gasteiger partial charge in [-0.15, -0.1) is 0 Å². The Labute approximate surface area is 63.4 Å². The van der Waals surface area contributed by atoms with Gasteiger partial charge in [0.05, 0.1) is 7.17 Å². The monoisotopic (exact) mass is 134 g/mol. The molecule has 1 fully saturated rings. The molecule has 0 spiro atoms. The molecule has 1 rings (SSSR count). The van der Waals surface area contributed by atoms with E-state index in [1.54, 1.807) is 14.1 Å². The fourth-order valence-electron chi connectivity index (χ4n) is 1.22. The molecular weight excluding hydrogens is 124 g/mol. The second-order valence-electron chi connectivity index (χ2n) is 2.82. The van der Waals surface area contributed by atoms with E-state index in [1.165, 1.54) is 0 Å². The summed E-state index contributed by atoms with van der Waals surface area (Å²) in [6.45, 7) is 1.54. The summed E-state index contributed by atoms with van der Waals surface area (Å²) < 4.78 is 0. The molecule has 1 amide bonds. The SMILES string of the molecule is [B][B]C1CC(NC(C)=O)C1. The Hall–Kier alpha value is -0.400. The number of hydrogen-bond acceptors (Lipinski definition) is 1. The van der Waals surface area contributed by atoms with Crippen molar-refractivity contribution in [2.75, 3.05) is 0 Å². The quantitative estimate of drug-likeness (QED) is 0.523. The highest BCUT2D eigenvalue weighted by molar-refractivity contribution is 6.90. The fraction of sp³-hybridized carbons (Fsp3) is 0.833. The minimum absolute atomic E-state index is 0.0560. The van der Waals surface area contributed by atoms with Gasteiger partial charge in [-0.3, -0.25) is 4.79 Å². The average Bonchev–Trinajstić information content (AvgIpc) is 1.76. The van der Waals surface area contributed by atoms with Gasteiger partial charge in [0, 0.05) is 20.7 Å². The summed E-state index contributed by atoms with van der Waals surface area (Å²) in [6, 6.07) is 0.377. The molecule has 0 saturated heterocycles. The molecule has 3 radical (unpaired) electrons. The highest BCUT2D eigenvalue weighted by Gasteiger charge is 2.27. The van der Waals surface area contributed by atoms with Crippen molar-refractivity contribution in [2.24, 2.45) is 0 Å². The Morgan fingerprint density at radius 1 is 1.70 bits per heavy atom. The van der Waals surface area contributed by atoms with E-state index in [0.29, 0.717) is 11.9 Å². The number of rotatable bonds is 2. The molecule has 0 aromatic heterocycles. The Morgan fingerprint density at radius 3 is 2.70 bits per heavy atom. The zero-order valence-corrected chi connectivity index (χ0v) is 6.13. The van der Waals surface area contributed by atoms with E-state index >= 15 is 0 Å². The first-order valence-electron chi connectivity index (χ1n) is 3.54. The summed E-state index contributed by atoms with van der Waals surface area (Å²) >= 11 is 0. The van der Waals surface area contributed by atoms with E-state index < -0.39 is 0 Å². The number of amides is 1. The summed E-state index contributed by atoms with van der Waals surface area (Å²) in [5, 5.41) is 2.83. The Balaban J connectivity index is 2.08. The summed E-state index contributed by atoms with van der Waals surface area (Å²) in [4.78, 5) is 10.5. The van der Waals surface area contributed by atoms with E-state index in [4.69, 9.17) is 7.74 Å². The van der Waals surface area contributed by atoms with Gasteiger partial charge in [0.15, 0.2) is 0 Å². The van der Waals surface area contributed by atoms with E-state index in [2.05, 4.69) is 5.32 Å². The van der Waals surface area contributed by atoms with E-state index in [0.717, 1.165) is 12.8 Å². The minimum Gasteiger partial charge on any atom is -0.354 e. The highest BCUT2D eigenvalue weighted by Crippen LogP contribution is 2.31. The second-order valence-corrected chi connectivity index (χ2v) is 2.82. The van der Waals surface area contributed by atoms with Crippen LogP contribution >= 0.6 is 0 Å². The Morgan fingerprint density at radius 2 is 2.30 bits per heavy atom. The number of nitrogens with one attached hydrogen (secondary N) is 1. The van der Waals surface area contributed by atoms with Crippen LogP contribution < -0.4 is 5.32 Å². The van der Waals surface area contributed by atoms with Crippen molar-refractivity contribution in [1.29, 1.82) is 0 Å². The van der Waals surface area contributed by atoms with Crippen molar-refractivity contribution >= 4 is 20.8 Å². The van der Waals surface area contributed by atoms with Crippen LogP contribution in [-0.4, -0.2) is 26.9 Å². The van der Waals surface area contributed by atoms with Crippen LogP contribution in [0.1, 0.15) is 19.8 Å². The topological polar surface area (TPSA) is 29.1 Å². The van der Waals surface area contributed by atoms with E-state index in [9.17, 15) is 4.79 Å². The van der Waals surface area contributed by atoms with E-state index in [1.807, 2.05) is 0 Å². The summed E-state index contributed by atoms with van der Waals surface area (Å²) in [5.41, 5.74) is 0. The van der Waals surface area contributed by atoms with Crippen LogP contribution in [0.5, 0.6) is 0 Å².